The number of rotatable bonds is 7. The molecule has 1 heterocycles. The molecule has 0 bridgehead atoms. The van der Waals surface area contributed by atoms with Gasteiger partial charge in [0.1, 0.15) is 0 Å². The molecule has 0 spiro atoms. The second-order valence-electron chi connectivity index (χ2n) is 6.49. The number of unbranched alkanes of at least 4 members (excludes halogenated alkanes) is 1. The molecule has 3 rings (SSSR count). The van der Waals surface area contributed by atoms with Gasteiger partial charge in [-0.3, -0.25) is 4.90 Å². The molecule has 24 heavy (non-hydrogen) atoms. The smallest absolute Gasteiger partial charge is 0.0594 e. The van der Waals surface area contributed by atoms with E-state index in [-0.39, 0.29) is 0 Å². The van der Waals surface area contributed by atoms with Gasteiger partial charge in [-0.2, -0.15) is 0 Å². The molecular weight excluding hydrogens is 296 g/mol. The van der Waals surface area contributed by atoms with Gasteiger partial charge < -0.3 is 9.64 Å². The molecule has 2 aromatic carbocycles. The summed E-state index contributed by atoms with van der Waals surface area (Å²) in [7, 11) is 0. The molecule has 1 aliphatic rings. The highest BCUT2D eigenvalue weighted by atomic mass is 16.5. The molecule has 3 heteroatoms. The van der Waals surface area contributed by atoms with Crippen molar-refractivity contribution in [2.24, 2.45) is 0 Å². The summed E-state index contributed by atoms with van der Waals surface area (Å²) in [6, 6.07) is 19.5. The molecule has 1 aliphatic heterocycles. The van der Waals surface area contributed by atoms with E-state index in [0.717, 1.165) is 32.8 Å². The van der Waals surface area contributed by atoms with Crippen molar-refractivity contribution in [1.29, 1.82) is 0 Å². The van der Waals surface area contributed by atoms with Crippen LogP contribution in [0.25, 0.3) is 0 Å². The van der Waals surface area contributed by atoms with Gasteiger partial charge in [-0.15, -0.1) is 0 Å². The number of hydrogen-bond acceptors (Lipinski definition) is 3. The number of hydrogen-bond donors (Lipinski definition) is 0. The average Bonchev–Trinajstić information content (AvgIpc) is 2.63. The van der Waals surface area contributed by atoms with Gasteiger partial charge in [0, 0.05) is 31.0 Å². The highest BCUT2D eigenvalue weighted by molar-refractivity contribution is 5.63. The predicted octanol–water partition coefficient (Wildman–Crippen LogP) is 4.25. The zero-order valence-electron chi connectivity index (χ0n) is 14.7. The van der Waals surface area contributed by atoms with E-state index in [1.54, 1.807) is 0 Å². The van der Waals surface area contributed by atoms with E-state index >= 15 is 0 Å². The summed E-state index contributed by atoms with van der Waals surface area (Å²) in [6.45, 7) is 8.34. The van der Waals surface area contributed by atoms with Crippen molar-refractivity contribution in [2.45, 2.75) is 19.8 Å². The van der Waals surface area contributed by atoms with Gasteiger partial charge in [-0.25, -0.2) is 0 Å². The number of benzene rings is 2. The van der Waals surface area contributed by atoms with Crippen LogP contribution in [0.15, 0.2) is 54.6 Å². The van der Waals surface area contributed by atoms with E-state index in [2.05, 4.69) is 71.3 Å². The van der Waals surface area contributed by atoms with Gasteiger partial charge in [0.2, 0.25) is 0 Å². The lowest BCUT2D eigenvalue weighted by Gasteiger charge is -2.28. The van der Waals surface area contributed by atoms with Crippen LogP contribution >= 0.6 is 0 Å². The fourth-order valence-electron chi connectivity index (χ4n) is 3.24. The molecular formula is C21H28N2O. The van der Waals surface area contributed by atoms with Gasteiger partial charge in [-0.05, 0) is 56.1 Å². The summed E-state index contributed by atoms with van der Waals surface area (Å²) in [4.78, 5) is 4.95. The third kappa shape index (κ3) is 4.83. The first kappa shape index (κ1) is 17.0. The molecule has 0 aromatic heterocycles. The van der Waals surface area contributed by atoms with Crippen molar-refractivity contribution >= 4 is 11.4 Å². The molecule has 128 valence electrons. The number of para-hydroxylation sites is 1. The number of aryl methyl sites for hydroxylation is 1. The lowest BCUT2D eigenvalue weighted by molar-refractivity contribution is 0.0373. The third-order valence-corrected chi connectivity index (χ3v) is 4.59. The van der Waals surface area contributed by atoms with E-state index in [0.29, 0.717) is 0 Å². The van der Waals surface area contributed by atoms with E-state index in [4.69, 9.17) is 4.74 Å². The van der Waals surface area contributed by atoms with Crippen LogP contribution in [0.1, 0.15) is 18.4 Å². The van der Waals surface area contributed by atoms with Crippen molar-refractivity contribution in [3.63, 3.8) is 0 Å². The molecule has 1 saturated heterocycles. The Morgan fingerprint density at radius 1 is 0.917 bits per heavy atom. The highest BCUT2D eigenvalue weighted by Gasteiger charge is 2.11. The average molecular weight is 324 g/mol. The molecule has 0 aliphatic carbocycles. The molecule has 0 N–H and O–H groups in total. The lowest BCUT2D eigenvalue weighted by Crippen LogP contribution is -2.37. The van der Waals surface area contributed by atoms with E-state index in [1.165, 1.54) is 36.3 Å². The van der Waals surface area contributed by atoms with Gasteiger partial charge in [0.25, 0.3) is 0 Å². The first-order valence-electron chi connectivity index (χ1n) is 9.02. The maximum absolute atomic E-state index is 5.42. The molecule has 1 fully saturated rings. The Morgan fingerprint density at radius 2 is 1.67 bits per heavy atom. The fourth-order valence-corrected chi connectivity index (χ4v) is 3.24. The van der Waals surface area contributed by atoms with Crippen LogP contribution in [0, 0.1) is 6.92 Å². The van der Waals surface area contributed by atoms with E-state index in [9.17, 15) is 0 Å². The van der Waals surface area contributed by atoms with Crippen molar-refractivity contribution in [3.05, 3.63) is 60.2 Å². The van der Waals surface area contributed by atoms with Crippen LogP contribution in [0.2, 0.25) is 0 Å². The number of ether oxygens (including phenoxy) is 1. The fraction of sp³-hybridized carbons (Fsp3) is 0.429. The van der Waals surface area contributed by atoms with Gasteiger partial charge >= 0.3 is 0 Å². The van der Waals surface area contributed by atoms with Crippen LogP contribution < -0.4 is 4.90 Å². The first-order chi connectivity index (χ1) is 11.8. The first-order valence-corrected chi connectivity index (χ1v) is 9.02. The highest BCUT2D eigenvalue weighted by Crippen LogP contribution is 2.26. The molecule has 3 nitrogen and oxygen atoms in total. The Bertz CT molecular complexity index is 608. The lowest BCUT2D eigenvalue weighted by atomic mass is 10.1. The largest absolute Gasteiger partial charge is 0.379 e. The molecule has 2 aromatic rings. The van der Waals surface area contributed by atoms with Gasteiger partial charge in [-0.1, -0.05) is 30.3 Å². The normalized spacial score (nSPS) is 15.4. The summed E-state index contributed by atoms with van der Waals surface area (Å²) in [5.74, 6) is 0. The van der Waals surface area contributed by atoms with Crippen molar-refractivity contribution in [1.82, 2.24) is 4.90 Å². The molecule has 0 saturated carbocycles. The standard InChI is InChI=1S/C21H28N2O/c1-19-8-7-11-21(18-19)23(20-9-3-2-4-10-20)13-6-5-12-22-14-16-24-17-15-22/h2-4,7-11,18H,5-6,12-17H2,1H3. The monoisotopic (exact) mass is 324 g/mol. The summed E-state index contributed by atoms with van der Waals surface area (Å²) in [5, 5.41) is 0. The maximum atomic E-state index is 5.42. The topological polar surface area (TPSA) is 15.7 Å². The van der Waals surface area contributed by atoms with Crippen LogP contribution in [0.3, 0.4) is 0 Å². The molecule has 0 unspecified atom stereocenters. The molecule has 0 atom stereocenters. The summed E-state index contributed by atoms with van der Waals surface area (Å²) >= 11 is 0. The number of morpholine rings is 1. The maximum Gasteiger partial charge on any atom is 0.0594 e. The number of anilines is 2. The Balaban J connectivity index is 1.60. The Kier molecular flexibility index (Phi) is 6.27. The van der Waals surface area contributed by atoms with E-state index < -0.39 is 0 Å². The molecule has 0 radical (unpaired) electrons. The van der Waals surface area contributed by atoms with Crippen molar-refractivity contribution in [2.75, 3.05) is 44.3 Å². The second kappa shape index (κ2) is 8.86. The van der Waals surface area contributed by atoms with Gasteiger partial charge in [0.05, 0.1) is 13.2 Å². The summed E-state index contributed by atoms with van der Waals surface area (Å²) in [6.07, 6.45) is 2.43. The molecule has 0 amide bonds. The minimum absolute atomic E-state index is 0.888. The Labute approximate surface area is 145 Å². The predicted molar refractivity (Wildman–Crippen MR) is 101 cm³/mol. The number of nitrogens with zero attached hydrogens (tertiary/aromatic N) is 2. The second-order valence-corrected chi connectivity index (χ2v) is 6.49. The van der Waals surface area contributed by atoms with Crippen LogP contribution in [0.5, 0.6) is 0 Å². The minimum atomic E-state index is 0.888. The van der Waals surface area contributed by atoms with Crippen LogP contribution in [0.4, 0.5) is 11.4 Å². The quantitative estimate of drug-likeness (QED) is 0.708. The zero-order chi connectivity index (χ0) is 16.6. The summed E-state index contributed by atoms with van der Waals surface area (Å²) in [5.41, 5.74) is 3.86. The summed E-state index contributed by atoms with van der Waals surface area (Å²) < 4.78 is 5.42. The van der Waals surface area contributed by atoms with E-state index in [1.807, 2.05) is 0 Å². The van der Waals surface area contributed by atoms with Crippen molar-refractivity contribution in [3.8, 4) is 0 Å². The Hall–Kier alpha value is -1.84. The van der Waals surface area contributed by atoms with Crippen molar-refractivity contribution < 1.29 is 4.74 Å². The zero-order valence-corrected chi connectivity index (χ0v) is 14.7. The third-order valence-electron chi connectivity index (χ3n) is 4.59. The van der Waals surface area contributed by atoms with Crippen LogP contribution in [-0.4, -0.2) is 44.3 Å². The minimum Gasteiger partial charge on any atom is -0.379 e. The van der Waals surface area contributed by atoms with Gasteiger partial charge in [0.15, 0.2) is 0 Å². The SMILES string of the molecule is Cc1cccc(N(CCCCN2CCOCC2)c2ccccc2)c1. The Morgan fingerprint density at radius 3 is 2.42 bits per heavy atom. The van der Waals surface area contributed by atoms with Crippen LogP contribution in [-0.2, 0) is 4.74 Å².